The number of ether oxygens (including phenoxy) is 1. The van der Waals surface area contributed by atoms with Crippen molar-refractivity contribution in [3.63, 3.8) is 0 Å². The van der Waals surface area contributed by atoms with Gasteiger partial charge in [-0.2, -0.15) is 13.2 Å². The van der Waals surface area contributed by atoms with Crippen molar-refractivity contribution in [1.82, 2.24) is 9.80 Å². The van der Waals surface area contributed by atoms with Crippen molar-refractivity contribution in [2.45, 2.75) is 19.0 Å². The van der Waals surface area contributed by atoms with Crippen LogP contribution in [0.15, 0.2) is 24.3 Å². The minimum absolute atomic E-state index is 0.0274. The van der Waals surface area contributed by atoms with Crippen molar-refractivity contribution in [1.29, 1.82) is 0 Å². The van der Waals surface area contributed by atoms with Crippen LogP contribution in [0.5, 0.6) is 0 Å². The molecule has 26 heavy (non-hydrogen) atoms. The van der Waals surface area contributed by atoms with E-state index in [2.05, 4.69) is 4.74 Å². The van der Waals surface area contributed by atoms with E-state index in [0.29, 0.717) is 25.1 Å². The molecule has 0 radical (unpaired) electrons. The average Bonchev–Trinajstić information content (AvgIpc) is 2.86. The smallest absolute Gasteiger partial charge is 0.417 e. The minimum Gasteiger partial charge on any atom is -0.439 e. The van der Waals surface area contributed by atoms with Crippen molar-refractivity contribution >= 4 is 17.9 Å². The number of imide groups is 1. The molecule has 2 saturated heterocycles. The van der Waals surface area contributed by atoms with Gasteiger partial charge in [-0.15, -0.1) is 0 Å². The summed E-state index contributed by atoms with van der Waals surface area (Å²) in [5, 5.41) is 0. The van der Waals surface area contributed by atoms with Crippen LogP contribution < -0.4 is 0 Å². The second kappa shape index (κ2) is 6.97. The van der Waals surface area contributed by atoms with Gasteiger partial charge < -0.3 is 9.64 Å². The molecule has 0 atom stereocenters. The Hall–Kier alpha value is -2.58. The summed E-state index contributed by atoms with van der Waals surface area (Å²) in [6.07, 6.45) is -4.47. The molecular weight excluding hydrogens is 353 g/mol. The van der Waals surface area contributed by atoms with E-state index in [4.69, 9.17) is 0 Å². The summed E-state index contributed by atoms with van der Waals surface area (Å²) in [6.45, 7) is 0.896. The normalized spacial score (nSPS) is 18.1. The first-order valence-electron chi connectivity index (χ1n) is 8.15. The van der Waals surface area contributed by atoms with Crippen molar-refractivity contribution in [2.24, 2.45) is 5.92 Å². The van der Waals surface area contributed by atoms with Gasteiger partial charge >= 0.3 is 12.3 Å². The zero-order valence-electron chi connectivity index (χ0n) is 13.8. The second-order valence-electron chi connectivity index (χ2n) is 6.42. The highest BCUT2D eigenvalue weighted by Crippen LogP contribution is 2.29. The average molecular weight is 370 g/mol. The summed E-state index contributed by atoms with van der Waals surface area (Å²) in [5.74, 6) is -0.446. The molecule has 3 amide bonds. The fraction of sp³-hybridized carbons (Fsp3) is 0.471. The van der Waals surface area contributed by atoms with Gasteiger partial charge in [-0.1, -0.05) is 12.1 Å². The van der Waals surface area contributed by atoms with Crippen LogP contribution in [0, 0.1) is 5.92 Å². The Morgan fingerprint density at radius 1 is 1.15 bits per heavy atom. The lowest BCUT2D eigenvalue weighted by Crippen LogP contribution is -2.54. The van der Waals surface area contributed by atoms with Crippen molar-refractivity contribution < 1.29 is 32.3 Å². The number of hydrogen-bond donors (Lipinski definition) is 0. The number of carbonyl (C=O) groups excluding carboxylic acids is 3. The Bertz CT molecular complexity index is 696. The SMILES string of the molecule is O=C(CCc1ccc(C(F)(F)F)cc1)N1CC(CN2C(=O)COC2=O)C1. The molecule has 0 N–H and O–H groups in total. The van der Waals surface area contributed by atoms with Gasteiger partial charge in [0.25, 0.3) is 5.91 Å². The number of rotatable bonds is 5. The molecule has 0 saturated carbocycles. The third kappa shape index (κ3) is 3.97. The van der Waals surface area contributed by atoms with Crippen LogP contribution in [0.25, 0.3) is 0 Å². The molecule has 6 nitrogen and oxygen atoms in total. The fourth-order valence-corrected chi connectivity index (χ4v) is 2.97. The molecule has 0 unspecified atom stereocenters. The number of hydrogen-bond acceptors (Lipinski definition) is 4. The first-order valence-corrected chi connectivity index (χ1v) is 8.15. The summed E-state index contributed by atoms with van der Waals surface area (Å²) in [4.78, 5) is 37.6. The molecule has 0 spiro atoms. The maximum atomic E-state index is 12.5. The molecule has 0 bridgehead atoms. The maximum absolute atomic E-state index is 12.5. The Morgan fingerprint density at radius 2 is 1.81 bits per heavy atom. The van der Waals surface area contributed by atoms with Crippen molar-refractivity contribution in [3.8, 4) is 0 Å². The number of amides is 3. The summed E-state index contributed by atoms with van der Waals surface area (Å²) >= 11 is 0. The van der Waals surface area contributed by atoms with Gasteiger partial charge in [0.05, 0.1) is 5.56 Å². The van der Waals surface area contributed by atoms with Crippen LogP contribution in [-0.2, 0) is 26.9 Å². The molecular formula is C17H17F3N2O4. The zero-order valence-corrected chi connectivity index (χ0v) is 13.8. The molecule has 0 aliphatic carbocycles. The first-order chi connectivity index (χ1) is 12.2. The van der Waals surface area contributed by atoms with Crippen LogP contribution in [-0.4, -0.2) is 53.9 Å². The van der Waals surface area contributed by atoms with Gasteiger partial charge in [0.15, 0.2) is 6.61 Å². The number of halogens is 3. The first kappa shape index (κ1) is 18.2. The van der Waals surface area contributed by atoms with E-state index < -0.39 is 17.8 Å². The van der Waals surface area contributed by atoms with Gasteiger partial charge in [0, 0.05) is 32.0 Å². The van der Waals surface area contributed by atoms with Crippen LogP contribution in [0.4, 0.5) is 18.0 Å². The molecule has 0 aromatic heterocycles. The quantitative estimate of drug-likeness (QED) is 0.796. The summed E-state index contributed by atoms with van der Waals surface area (Å²) in [6, 6.07) is 4.76. The van der Waals surface area contributed by atoms with Crippen LogP contribution in [0.3, 0.4) is 0 Å². The van der Waals surface area contributed by atoms with Crippen molar-refractivity contribution in [3.05, 3.63) is 35.4 Å². The number of nitrogens with zero attached hydrogens (tertiary/aromatic N) is 2. The fourth-order valence-electron chi connectivity index (χ4n) is 2.97. The van der Waals surface area contributed by atoms with Crippen LogP contribution in [0.2, 0.25) is 0 Å². The van der Waals surface area contributed by atoms with Gasteiger partial charge in [0.2, 0.25) is 5.91 Å². The molecule has 2 fully saturated rings. The Kier molecular flexibility index (Phi) is 4.88. The molecule has 1 aromatic rings. The largest absolute Gasteiger partial charge is 0.439 e. The van der Waals surface area contributed by atoms with Crippen LogP contribution in [0.1, 0.15) is 17.5 Å². The van der Waals surface area contributed by atoms with Gasteiger partial charge in [-0.05, 0) is 24.1 Å². The highest BCUT2D eigenvalue weighted by Gasteiger charge is 2.38. The summed E-state index contributed by atoms with van der Waals surface area (Å²) < 4.78 is 42.2. The standard InChI is InChI=1S/C17H17F3N2O4/c18-17(19,20)13-4-1-11(2-5-13)3-6-14(23)21-7-12(8-21)9-22-15(24)10-26-16(22)25/h1-2,4-5,12H,3,6-10H2. The number of cyclic esters (lactones) is 1. The van der Waals surface area contributed by atoms with E-state index in [1.807, 2.05) is 0 Å². The lowest BCUT2D eigenvalue weighted by molar-refractivity contribution is -0.139. The number of aryl methyl sites for hydroxylation is 1. The summed E-state index contributed by atoms with van der Waals surface area (Å²) in [5.41, 5.74) is -0.0537. The van der Waals surface area contributed by atoms with E-state index in [9.17, 15) is 27.6 Å². The van der Waals surface area contributed by atoms with E-state index >= 15 is 0 Å². The van der Waals surface area contributed by atoms with E-state index in [0.717, 1.165) is 17.0 Å². The predicted octanol–water partition coefficient (Wildman–Crippen LogP) is 2.08. The molecule has 2 aliphatic rings. The highest BCUT2D eigenvalue weighted by atomic mass is 19.4. The van der Waals surface area contributed by atoms with E-state index in [1.54, 1.807) is 4.90 Å². The third-order valence-corrected chi connectivity index (χ3v) is 4.50. The molecule has 1 aromatic carbocycles. The molecule has 140 valence electrons. The maximum Gasteiger partial charge on any atom is 0.417 e. The van der Waals surface area contributed by atoms with E-state index in [-0.39, 0.29) is 37.3 Å². The Labute approximate surface area is 147 Å². The molecule has 3 rings (SSSR count). The second-order valence-corrected chi connectivity index (χ2v) is 6.42. The number of likely N-dealkylation sites (tertiary alicyclic amines) is 1. The monoisotopic (exact) mass is 370 g/mol. The molecule has 2 aliphatic heterocycles. The zero-order chi connectivity index (χ0) is 18.9. The Morgan fingerprint density at radius 3 is 2.35 bits per heavy atom. The molecule has 2 heterocycles. The lowest BCUT2D eigenvalue weighted by atomic mass is 9.98. The highest BCUT2D eigenvalue weighted by molar-refractivity contribution is 5.97. The summed E-state index contributed by atoms with van der Waals surface area (Å²) in [7, 11) is 0. The van der Waals surface area contributed by atoms with Crippen molar-refractivity contribution in [2.75, 3.05) is 26.2 Å². The molecule has 9 heteroatoms. The topological polar surface area (TPSA) is 66.9 Å². The van der Waals surface area contributed by atoms with Crippen LogP contribution >= 0.6 is 0 Å². The third-order valence-electron chi connectivity index (χ3n) is 4.50. The van der Waals surface area contributed by atoms with Gasteiger partial charge in [-0.3, -0.25) is 9.59 Å². The Balaban J connectivity index is 1.41. The lowest BCUT2D eigenvalue weighted by Gasteiger charge is -2.40. The van der Waals surface area contributed by atoms with Gasteiger partial charge in [-0.25, -0.2) is 9.69 Å². The number of benzene rings is 1. The van der Waals surface area contributed by atoms with E-state index in [1.165, 1.54) is 12.1 Å². The predicted molar refractivity (Wildman–Crippen MR) is 82.9 cm³/mol. The number of alkyl halides is 3. The number of carbonyl (C=O) groups is 3. The minimum atomic E-state index is -4.37. The van der Waals surface area contributed by atoms with Gasteiger partial charge in [0.1, 0.15) is 0 Å².